The zero-order chi connectivity index (χ0) is 9.40. The molecule has 0 rings (SSSR count). The van der Waals surface area contributed by atoms with Crippen LogP contribution in [0.3, 0.4) is 0 Å². The van der Waals surface area contributed by atoms with Gasteiger partial charge in [-0.15, -0.1) is 0 Å². The van der Waals surface area contributed by atoms with Crippen molar-refractivity contribution in [3.05, 3.63) is 0 Å². The number of rotatable bonds is 7. The Hall–Kier alpha value is 0.350. The van der Waals surface area contributed by atoms with Crippen molar-refractivity contribution >= 4 is 5.97 Å². The second kappa shape index (κ2) is 10.4. The zero-order valence-electron chi connectivity index (χ0n) is 9.07. The molecule has 0 unspecified atom stereocenters. The Morgan fingerprint density at radius 2 is 2.00 bits per heavy atom. The molecule has 0 radical (unpaired) electrons. The molecule has 4 N–H and O–H groups in total. The van der Waals surface area contributed by atoms with Crippen LogP contribution >= 0.6 is 0 Å². The third-order valence-electron chi connectivity index (χ3n) is 1.50. The monoisotopic (exact) mass is 200 g/mol. The van der Waals surface area contributed by atoms with E-state index in [4.69, 9.17) is 15.9 Å². The first-order valence-corrected chi connectivity index (χ1v) is 3.95. The molecule has 0 aliphatic heterocycles. The van der Waals surface area contributed by atoms with Gasteiger partial charge in [-0.25, -0.2) is 0 Å². The van der Waals surface area contributed by atoms with Gasteiger partial charge in [0.15, 0.2) is 0 Å². The van der Waals surface area contributed by atoms with Crippen molar-refractivity contribution in [3.8, 4) is 0 Å². The van der Waals surface area contributed by atoms with E-state index < -0.39 is 5.97 Å². The van der Waals surface area contributed by atoms with E-state index in [0.29, 0.717) is 26.2 Å². The van der Waals surface area contributed by atoms with Crippen molar-refractivity contribution < 1.29 is 46.0 Å². The molecule has 0 fully saturated rings. The van der Waals surface area contributed by atoms with Gasteiger partial charge in [0.25, 0.3) is 0 Å². The number of carboxylic acid groups (broad SMARTS) is 1. The smallest absolute Gasteiger partial charge is 1.00 e. The molecule has 0 bridgehead atoms. The largest absolute Gasteiger partial charge is 1.00 e. The minimum Gasteiger partial charge on any atom is -1.00 e. The summed E-state index contributed by atoms with van der Waals surface area (Å²) in [4.78, 5) is 12.0. The fourth-order valence-corrected chi connectivity index (χ4v) is 0.913. The van der Waals surface area contributed by atoms with Gasteiger partial charge in [-0.3, -0.25) is 9.69 Å². The van der Waals surface area contributed by atoms with Gasteiger partial charge < -0.3 is 17.4 Å². The van der Waals surface area contributed by atoms with Crippen molar-refractivity contribution in [3.63, 3.8) is 0 Å². The molecule has 0 heterocycles. The number of aliphatic hydroxyl groups is 1. The van der Waals surface area contributed by atoms with E-state index in [-0.39, 0.29) is 44.0 Å². The zero-order valence-corrected chi connectivity index (χ0v) is 10.1. The van der Waals surface area contributed by atoms with Crippen LogP contribution in [0, 0.1) is 0 Å². The summed E-state index contributed by atoms with van der Waals surface area (Å²) < 4.78 is 0. The van der Waals surface area contributed by atoms with Gasteiger partial charge in [0.05, 0.1) is 13.0 Å². The SMILES string of the molecule is NCCN(CCO)CCC(=O)O.[H-].[Na+]. The molecule has 0 saturated heterocycles. The predicted molar refractivity (Wildman–Crippen MR) is 45.9 cm³/mol. The summed E-state index contributed by atoms with van der Waals surface area (Å²) in [5.74, 6) is -0.824. The normalized spacial score (nSPS) is 9.77. The topological polar surface area (TPSA) is 86.8 Å². The average Bonchev–Trinajstić information content (AvgIpc) is 2.01. The van der Waals surface area contributed by atoms with Crippen LogP contribution in [-0.2, 0) is 4.79 Å². The molecule has 5 nitrogen and oxygen atoms in total. The van der Waals surface area contributed by atoms with E-state index in [1.807, 2.05) is 4.90 Å². The molecule has 0 aromatic rings. The number of aliphatic hydroxyl groups excluding tert-OH is 1. The standard InChI is InChI=1S/C7H16N2O3.Na.H/c8-2-4-9(5-6-10)3-1-7(11)12;;/h10H,1-6,8H2,(H,11,12);;/q;+1;-1. The molecule has 74 valence electrons. The molecule has 0 aliphatic carbocycles. The molecule has 13 heavy (non-hydrogen) atoms. The second-order valence-corrected chi connectivity index (χ2v) is 2.50. The summed E-state index contributed by atoms with van der Waals surface area (Å²) in [6.07, 6.45) is 0.0972. The third-order valence-corrected chi connectivity index (χ3v) is 1.50. The molecule has 0 aromatic heterocycles. The molecule has 0 spiro atoms. The van der Waals surface area contributed by atoms with E-state index in [9.17, 15) is 4.79 Å². The maximum Gasteiger partial charge on any atom is 1.00 e. The molecule has 0 aromatic carbocycles. The summed E-state index contributed by atoms with van der Waals surface area (Å²) in [5.41, 5.74) is 5.30. The van der Waals surface area contributed by atoms with Crippen molar-refractivity contribution in [2.75, 3.05) is 32.8 Å². The molecular weight excluding hydrogens is 183 g/mol. The van der Waals surface area contributed by atoms with Gasteiger partial charge in [0.2, 0.25) is 0 Å². The van der Waals surface area contributed by atoms with Crippen molar-refractivity contribution in [1.29, 1.82) is 0 Å². The minimum atomic E-state index is -0.824. The summed E-state index contributed by atoms with van der Waals surface area (Å²) >= 11 is 0. The summed E-state index contributed by atoms with van der Waals surface area (Å²) in [7, 11) is 0. The Morgan fingerprint density at radius 1 is 1.38 bits per heavy atom. The van der Waals surface area contributed by atoms with Gasteiger partial charge in [-0.2, -0.15) is 0 Å². The van der Waals surface area contributed by atoms with Crippen molar-refractivity contribution in [1.82, 2.24) is 4.90 Å². The predicted octanol–water partition coefficient (Wildman–Crippen LogP) is -4.17. The molecule has 0 saturated carbocycles. The van der Waals surface area contributed by atoms with Crippen LogP contribution in [0.5, 0.6) is 0 Å². The summed E-state index contributed by atoms with van der Waals surface area (Å²) in [5, 5.41) is 17.0. The molecule has 0 amide bonds. The van der Waals surface area contributed by atoms with E-state index in [0.717, 1.165) is 0 Å². The van der Waals surface area contributed by atoms with Crippen molar-refractivity contribution in [2.45, 2.75) is 6.42 Å². The number of nitrogens with two attached hydrogens (primary N) is 1. The first kappa shape index (κ1) is 15.8. The van der Waals surface area contributed by atoms with Gasteiger partial charge in [-0.05, 0) is 0 Å². The molecule has 0 aliphatic rings. The number of carbonyl (C=O) groups is 1. The Bertz CT molecular complexity index is 134. The van der Waals surface area contributed by atoms with Crippen LogP contribution in [0.1, 0.15) is 7.85 Å². The molecular formula is C7H17N2NaO3. The van der Waals surface area contributed by atoms with Gasteiger partial charge >= 0.3 is 35.5 Å². The van der Waals surface area contributed by atoms with Crippen LogP contribution in [0.15, 0.2) is 0 Å². The average molecular weight is 200 g/mol. The summed E-state index contributed by atoms with van der Waals surface area (Å²) in [6, 6.07) is 0. The van der Waals surface area contributed by atoms with E-state index in [1.54, 1.807) is 0 Å². The Kier molecular flexibility index (Phi) is 12.7. The number of aliphatic carboxylic acids is 1. The van der Waals surface area contributed by atoms with E-state index in [2.05, 4.69) is 0 Å². The summed E-state index contributed by atoms with van der Waals surface area (Å²) in [6.45, 7) is 2.10. The number of hydrogen-bond acceptors (Lipinski definition) is 4. The maximum absolute atomic E-state index is 10.2. The molecule has 6 heteroatoms. The maximum atomic E-state index is 10.2. The second-order valence-electron chi connectivity index (χ2n) is 2.50. The van der Waals surface area contributed by atoms with Crippen LogP contribution in [0.2, 0.25) is 0 Å². The Balaban J connectivity index is -0.000000605. The van der Waals surface area contributed by atoms with E-state index >= 15 is 0 Å². The first-order chi connectivity index (χ1) is 5.70. The fourth-order valence-electron chi connectivity index (χ4n) is 0.913. The van der Waals surface area contributed by atoms with Gasteiger partial charge in [0.1, 0.15) is 0 Å². The van der Waals surface area contributed by atoms with Gasteiger partial charge in [0, 0.05) is 26.2 Å². The Labute approximate surface area is 102 Å². The molecule has 0 atom stereocenters. The van der Waals surface area contributed by atoms with E-state index in [1.165, 1.54) is 0 Å². The number of hydrogen-bond donors (Lipinski definition) is 3. The van der Waals surface area contributed by atoms with Crippen LogP contribution in [-0.4, -0.2) is 53.9 Å². The first-order valence-electron chi connectivity index (χ1n) is 3.95. The quantitative estimate of drug-likeness (QED) is 0.363. The fraction of sp³-hybridized carbons (Fsp3) is 0.857. The third kappa shape index (κ3) is 10.3. The minimum absolute atomic E-state index is 0. The number of nitrogens with zero attached hydrogens (tertiary/aromatic N) is 1. The number of carboxylic acids is 1. The van der Waals surface area contributed by atoms with Gasteiger partial charge in [-0.1, -0.05) is 0 Å². The van der Waals surface area contributed by atoms with Crippen LogP contribution < -0.4 is 35.3 Å². The Morgan fingerprint density at radius 3 is 2.38 bits per heavy atom. The van der Waals surface area contributed by atoms with Crippen LogP contribution in [0.25, 0.3) is 0 Å². The van der Waals surface area contributed by atoms with Crippen LogP contribution in [0.4, 0.5) is 0 Å². The van der Waals surface area contributed by atoms with Crippen molar-refractivity contribution in [2.24, 2.45) is 5.73 Å².